The number of rotatable bonds is 6. The molecule has 1 rings (SSSR count). The lowest BCUT2D eigenvalue weighted by Crippen LogP contribution is -2.52. The predicted molar refractivity (Wildman–Crippen MR) is 75.5 cm³/mol. The molecule has 126 valence electrons. The number of nitrogens with two attached hydrogens (primary N) is 1. The maximum Gasteiger partial charge on any atom is 0.324 e. The number of hydrogen-bond acceptors (Lipinski definition) is 7. The molecule has 0 radical (unpaired) electrons. The number of nitrogens with zero attached hydrogens (tertiary/aromatic N) is 2. The van der Waals surface area contributed by atoms with Crippen molar-refractivity contribution in [2.75, 3.05) is 6.61 Å². The molecule has 0 spiro atoms. The van der Waals surface area contributed by atoms with Crippen LogP contribution in [0.15, 0.2) is 0 Å². The summed E-state index contributed by atoms with van der Waals surface area (Å²) >= 11 is 0. The van der Waals surface area contributed by atoms with Crippen molar-refractivity contribution >= 4 is 11.9 Å². The van der Waals surface area contributed by atoms with Crippen molar-refractivity contribution in [1.29, 1.82) is 0 Å². The lowest BCUT2D eigenvalue weighted by molar-refractivity contribution is -0.759. The van der Waals surface area contributed by atoms with E-state index in [1.807, 2.05) is 0 Å². The van der Waals surface area contributed by atoms with Crippen LogP contribution in [0.25, 0.3) is 0 Å². The molecule has 0 aromatic heterocycles. The molecule has 1 amide bonds. The molecule has 1 saturated heterocycles. The van der Waals surface area contributed by atoms with E-state index >= 15 is 0 Å². The van der Waals surface area contributed by atoms with Gasteiger partial charge in [0.05, 0.1) is 17.0 Å². The Bertz CT molecular complexity index is 476. The first kappa shape index (κ1) is 18.1. The Morgan fingerprint density at radius 2 is 1.82 bits per heavy atom. The van der Waals surface area contributed by atoms with Gasteiger partial charge in [-0.15, -0.1) is 15.2 Å². The Labute approximate surface area is 128 Å². The maximum atomic E-state index is 11.9. The first-order valence-corrected chi connectivity index (χ1v) is 7.04. The van der Waals surface area contributed by atoms with E-state index in [0.29, 0.717) is 0 Å². The van der Waals surface area contributed by atoms with Crippen LogP contribution < -0.4 is 5.73 Å². The van der Waals surface area contributed by atoms with Gasteiger partial charge in [-0.3, -0.25) is 9.59 Å². The maximum absolute atomic E-state index is 11.9. The molecule has 0 bridgehead atoms. The number of primary amides is 1. The zero-order valence-electron chi connectivity index (χ0n) is 13.5. The molecule has 2 unspecified atom stereocenters. The zero-order valence-corrected chi connectivity index (χ0v) is 13.5. The van der Waals surface area contributed by atoms with Crippen molar-refractivity contribution in [3.63, 3.8) is 0 Å². The van der Waals surface area contributed by atoms with Gasteiger partial charge >= 0.3 is 5.97 Å². The second-order valence-corrected chi connectivity index (χ2v) is 6.42. The lowest BCUT2D eigenvalue weighted by atomic mass is 9.77. The number of carbonyl (C=O) groups is 2. The summed E-state index contributed by atoms with van der Waals surface area (Å²) in [6.45, 7) is 8.22. The van der Waals surface area contributed by atoms with Crippen LogP contribution in [-0.2, 0) is 19.3 Å². The van der Waals surface area contributed by atoms with Crippen molar-refractivity contribution in [2.24, 2.45) is 17.6 Å². The van der Waals surface area contributed by atoms with Gasteiger partial charge in [0.25, 0.3) is 5.09 Å². The van der Waals surface area contributed by atoms with Crippen LogP contribution in [0.2, 0.25) is 0 Å². The van der Waals surface area contributed by atoms with Crippen LogP contribution in [-0.4, -0.2) is 39.7 Å². The van der Waals surface area contributed by atoms with Gasteiger partial charge in [0, 0.05) is 12.3 Å². The molecular weight excluding hydrogens is 294 g/mol. The van der Waals surface area contributed by atoms with E-state index in [-0.39, 0.29) is 13.0 Å². The molecular formula is C13H23N3O6. The summed E-state index contributed by atoms with van der Waals surface area (Å²) in [5.41, 5.74) is 3.72. The summed E-state index contributed by atoms with van der Waals surface area (Å²) in [4.78, 5) is 43.9. The first-order valence-electron chi connectivity index (χ1n) is 7.04. The number of hydroxylamine groups is 2. The minimum atomic E-state index is -0.915. The summed E-state index contributed by atoms with van der Waals surface area (Å²) in [6.07, 6.45) is 0.167. The van der Waals surface area contributed by atoms with Gasteiger partial charge in [-0.25, -0.2) is 0 Å². The molecule has 0 aliphatic carbocycles. The minimum Gasteiger partial charge on any atom is -0.369 e. The van der Waals surface area contributed by atoms with E-state index in [2.05, 4.69) is 4.84 Å². The van der Waals surface area contributed by atoms with Crippen molar-refractivity contribution < 1.29 is 24.4 Å². The largest absolute Gasteiger partial charge is 0.369 e. The van der Waals surface area contributed by atoms with E-state index in [4.69, 9.17) is 10.6 Å². The topological polar surface area (TPSA) is 125 Å². The average molecular weight is 317 g/mol. The summed E-state index contributed by atoms with van der Waals surface area (Å²) in [5.74, 6) is -2.45. The van der Waals surface area contributed by atoms with Gasteiger partial charge < -0.3 is 15.4 Å². The SMILES string of the molecule is CCC(=O)ON1C(C)(C)C(CO[N+](=O)[O-])C(C(N)=O)C1(C)C. The van der Waals surface area contributed by atoms with Crippen molar-refractivity contribution in [2.45, 2.75) is 52.1 Å². The van der Waals surface area contributed by atoms with Crippen LogP contribution in [0.4, 0.5) is 0 Å². The van der Waals surface area contributed by atoms with Gasteiger partial charge in [0.15, 0.2) is 0 Å². The van der Waals surface area contributed by atoms with Gasteiger partial charge in [-0.1, -0.05) is 6.92 Å². The molecule has 0 aromatic carbocycles. The zero-order chi connectivity index (χ0) is 17.3. The quantitative estimate of drug-likeness (QED) is 0.563. The van der Waals surface area contributed by atoms with Crippen LogP contribution in [0, 0.1) is 22.0 Å². The van der Waals surface area contributed by atoms with E-state index in [0.717, 1.165) is 0 Å². The molecule has 0 saturated carbocycles. The monoisotopic (exact) mass is 317 g/mol. The minimum absolute atomic E-state index is 0.167. The Kier molecular flexibility index (Phi) is 5.01. The van der Waals surface area contributed by atoms with E-state index in [1.54, 1.807) is 34.6 Å². The van der Waals surface area contributed by atoms with Crippen molar-refractivity contribution in [1.82, 2.24) is 5.06 Å². The molecule has 1 aliphatic rings. The van der Waals surface area contributed by atoms with Gasteiger partial charge in [-0.2, -0.15) is 0 Å². The average Bonchev–Trinajstić information content (AvgIpc) is 2.52. The fourth-order valence-electron chi connectivity index (χ4n) is 3.31. The smallest absolute Gasteiger partial charge is 0.324 e. The molecule has 0 aromatic rings. The van der Waals surface area contributed by atoms with E-state index < -0.39 is 39.9 Å². The lowest BCUT2D eigenvalue weighted by Gasteiger charge is -2.39. The summed E-state index contributed by atoms with van der Waals surface area (Å²) < 4.78 is 0. The highest BCUT2D eigenvalue weighted by atomic mass is 16.9. The highest BCUT2D eigenvalue weighted by molar-refractivity contribution is 5.79. The summed E-state index contributed by atoms with van der Waals surface area (Å²) in [5, 5.41) is 11.0. The van der Waals surface area contributed by atoms with Crippen LogP contribution >= 0.6 is 0 Å². The van der Waals surface area contributed by atoms with Gasteiger partial charge in [-0.05, 0) is 27.7 Å². The number of amides is 1. The Hall–Kier alpha value is -1.90. The molecule has 2 N–H and O–H groups in total. The third-order valence-corrected chi connectivity index (χ3v) is 4.27. The van der Waals surface area contributed by atoms with Gasteiger partial charge in [0.1, 0.15) is 6.61 Å². The van der Waals surface area contributed by atoms with E-state index in [1.165, 1.54) is 5.06 Å². The molecule has 22 heavy (non-hydrogen) atoms. The fourth-order valence-corrected chi connectivity index (χ4v) is 3.31. The predicted octanol–water partition coefficient (Wildman–Crippen LogP) is 0.653. The Balaban J connectivity index is 3.21. The van der Waals surface area contributed by atoms with E-state index in [9.17, 15) is 19.7 Å². The normalized spacial score (nSPS) is 26.4. The van der Waals surface area contributed by atoms with Gasteiger partial charge in [0.2, 0.25) is 5.91 Å². The fraction of sp³-hybridized carbons (Fsp3) is 0.846. The van der Waals surface area contributed by atoms with Crippen LogP contribution in [0.3, 0.4) is 0 Å². The third-order valence-electron chi connectivity index (χ3n) is 4.27. The Morgan fingerprint density at radius 3 is 2.23 bits per heavy atom. The molecule has 9 nitrogen and oxygen atoms in total. The number of hydrogen-bond donors (Lipinski definition) is 1. The second kappa shape index (κ2) is 6.07. The van der Waals surface area contributed by atoms with Crippen molar-refractivity contribution in [3.8, 4) is 0 Å². The first-order chi connectivity index (χ1) is 9.96. The van der Waals surface area contributed by atoms with Crippen molar-refractivity contribution in [3.05, 3.63) is 10.1 Å². The highest BCUT2D eigenvalue weighted by Gasteiger charge is 2.62. The summed E-state index contributed by atoms with van der Waals surface area (Å²) in [6, 6.07) is 0. The Morgan fingerprint density at radius 1 is 1.27 bits per heavy atom. The third kappa shape index (κ3) is 3.13. The highest BCUT2D eigenvalue weighted by Crippen LogP contribution is 2.49. The summed E-state index contributed by atoms with van der Waals surface area (Å²) in [7, 11) is 0. The van der Waals surface area contributed by atoms with Crippen LogP contribution in [0.5, 0.6) is 0 Å². The van der Waals surface area contributed by atoms with Crippen LogP contribution in [0.1, 0.15) is 41.0 Å². The molecule has 9 heteroatoms. The molecule has 1 aliphatic heterocycles. The molecule has 2 atom stereocenters. The molecule has 1 fully saturated rings. The molecule has 1 heterocycles. The number of carbonyl (C=O) groups excluding carboxylic acids is 2. The standard InChI is InChI=1S/C13H23N3O6/c1-6-9(17)22-15-12(2,3)8(7-21-16(19)20)10(11(14)18)13(15,4)5/h8,10H,6-7H2,1-5H3,(H2,14,18). The second-order valence-electron chi connectivity index (χ2n) is 6.42.